The third-order valence-electron chi connectivity index (χ3n) is 2.57. The number of halogens is 1. The summed E-state index contributed by atoms with van der Waals surface area (Å²) < 4.78 is 15.2. The average molecular weight is 251 g/mol. The van der Waals surface area contributed by atoms with Crippen molar-refractivity contribution in [2.24, 2.45) is 0 Å². The fourth-order valence-electron chi connectivity index (χ4n) is 1.88. The summed E-state index contributed by atoms with van der Waals surface area (Å²) in [5.74, 6) is -1.42. The molecule has 96 valence electrons. The Kier molecular flexibility index (Phi) is 3.29. The first-order chi connectivity index (χ1) is 8.49. The van der Waals surface area contributed by atoms with Crippen LogP contribution in [0.5, 0.6) is 0 Å². The van der Waals surface area contributed by atoms with Crippen molar-refractivity contribution in [3.8, 4) is 0 Å². The molecule has 0 atom stereocenters. The lowest BCUT2D eigenvalue weighted by molar-refractivity contribution is -0.136. The lowest BCUT2D eigenvalue weighted by Crippen LogP contribution is -2.15. The SMILES string of the molecule is CN(C)Cc1c(CC(=O)O)nc2c(F)cccn12. The largest absolute Gasteiger partial charge is 0.481 e. The van der Waals surface area contributed by atoms with Crippen molar-refractivity contribution < 1.29 is 14.3 Å². The Morgan fingerprint density at radius 2 is 2.28 bits per heavy atom. The van der Waals surface area contributed by atoms with Gasteiger partial charge >= 0.3 is 5.97 Å². The maximum Gasteiger partial charge on any atom is 0.309 e. The smallest absolute Gasteiger partial charge is 0.309 e. The number of carboxylic acids is 1. The van der Waals surface area contributed by atoms with Crippen molar-refractivity contribution in [1.82, 2.24) is 14.3 Å². The molecule has 5 nitrogen and oxygen atoms in total. The summed E-state index contributed by atoms with van der Waals surface area (Å²) in [7, 11) is 3.73. The molecule has 1 N–H and O–H groups in total. The summed E-state index contributed by atoms with van der Waals surface area (Å²) in [6.07, 6.45) is 1.49. The normalized spacial score (nSPS) is 11.3. The van der Waals surface area contributed by atoms with Gasteiger partial charge in [-0.2, -0.15) is 0 Å². The summed E-state index contributed by atoms with van der Waals surface area (Å²) in [5.41, 5.74) is 1.28. The van der Waals surface area contributed by atoms with E-state index in [2.05, 4.69) is 4.98 Å². The molecular weight excluding hydrogens is 237 g/mol. The van der Waals surface area contributed by atoms with Crippen LogP contribution in [0.4, 0.5) is 4.39 Å². The molecule has 0 aliphatic carbocycles. The van der Waals surface area contributed by atoms with Gasteiger partial charge in [0.15, 0.2) is 11.5 Å². The number of aliphatic carboxylic acids is 1. The van der Waals surface area contributed by atoms with Crippen LogP contribution in [0.15, 0.2) is 18.3 Å². The van der Waals surface area contributed by atoms with Crippen molar-refractivity contribution >= 4 is 11.6 Å². The topological polar surface area (TPSA) is 57.8 Å². The van der Waals surface area contributed by atoms with E-state index in [1.54, 1.807) is 16.7 Å². The molecule has 18 heavy (non-hydrogen) atoms. The molecule has 2 heterocycles. The highest BCUT2D eigenvalue weighted by Crippen LogP contribution is 2.17. The predicted octanol–water partition coefficient (Wildman–Crippen LogP) is 1.16. The summed E-state index contributed by atoms with van der Waals surface area (Å²) in [6.45, 7) is 0.507. The molecule has 6 heteroatoms. The fraction of sp³-hybridized carbons (Fsp3) is 0.333. The Morgan fingerprint density at radius 1 is 1.56 bits per heavy atom. The van der Waals surface area contributed by atoms with Gasteiger partial charge in [0.05, 0.1) is 17.8 Å². The summed E-state index contributed by atoms with van der Waals surface area (Å²) >= 11 is 0. The molecule has 2 aromatic heterocycles. The fourth-order valence-corrected chi connectivity index (χ4v) is 1.88. The van der Waals surface area contributed by atoms with E-state index in [-0.39, 0.29) is 12.1 Å². The summed E-state index contributed by atoms with van der Waals surface area (Å²) in [5, 5.41) is 8.86. The zero-order chi connectivity index (χ0) is 13.3. The molecule has 0 fully saturated rings. The van der Waals surface area contributed by atoms with Gasteiger partial charge in [-0.3, -0.25) is 4.79 Å². The zero-order valence-corrected chi connectivity index (χ0v) is 10.2. The van der Waals surface area contributed by atoms with Gasteiger partial charge in [0.25, 0.3) is 0 Å². The molecule has 0 saturated heterocycles. The van der Waals surface area contributed by atoms with E-state index in [1.165, 1.54) is 6.07 Å². The molecular formula is C12H14FN3O2. The van der Waals surface area contributed by atoms with E-state index in [0.29, 0.717) is 17.9 Å². The van der Waals surface area contributed by atoms with Crippen LogP contribution >= 0.6 is 0 Å². The van der Waals surface area contributed by atoms with E-state index in [1.807, 2.05) is 19.0 Å². The second-order valence-electron chi connectivity index (χ2n) is 4.36. The standard InChI is InChI=1S/C12H14FN3O2/c1-15(2)7-10-9(6-11(17)18)14-12-8(13)4-3-5-16(10)12/h3-5H,6-7H2,1-2H3,(H,17,18). The van der Waals surface area contributed by atoms with Crippen LogP contribution in [0.3, 0.4) is 0 Å². The maximum atomic E-state index is 13.6. The monoisotopic (exact) mass is 251 g/mol. The highest BCUT2D eigenvalue weighted by atomic mass is 19.1. The third kappa shape index (κ3) is 2.33. The van der Waals surface area contributed by atoms with Gasteiger partial charge in [0, 0.05) is 12.7 Å². The number of aromatic nitrogens is 2. The zero-order valence-electron chi connectivity index (χ0n) is 10.2. The number of fused-ring (bicyclic) bond motifs is 1. The van der Waals surface area contributed by atoms with Gasteiger partial charge in [-0.25, -0.2) is 9.37 Å². The maximum absolute atomic E-state index is 13.6. The van der Waals surface area contributed by atoms with E-state index >= 15 is 0 Å². The average Bonchev–Trinajstić information content (AvgIpc) is 2.58. The molecule has 0 unspecified atom stereocenters. The summed E-state index contributed by atoms with van der Waals surface area (Å²) in [6, 6.07) is 2.89. The molecule has 0 saturated carbocycles. The van der Waals surface area contributed by atoms with Crippen molar-refractivity contribution in [3.63, 3.8) is 0 Å². The molecule has 0 spiro atoms. The van der Waals surface area contributed by atoms with Crippen LogP contribution in [0.2, 0.25) is 0 Å². The minimum atomic E-state index is -0.973. The number of rotatable bonds is 4. The number of hydrogen-bond donors (Lipinski definition) is 1. The Balaban J connectivity index is 2.60. The van der Waals surface area contributed by atoms with Crippen molar-refractivity contribution in [2.45, 2.75) is 13.0 Å². The van der Waals surface area contributed by atoms with Gasteiger partial charge in [-0.05, 0) is 26.2 Å². The number of nitrogens with zero attached hydrogens (tertiary/aromatic N) is 3. The molecule has 0 radical (unpaired) electrons. The second-order valence-corrected chi connectivity index (χ2v) is 4.36. The van der Waals surface area contributed by atoms with Crippen LogP contribution in [0.1, 0.15) is 11.4 Å². The van der Waals surface area contributed by atoms with Crippen LogP contribution in [0.25, 0.3) is 5.65 Å². The third-order valence-corrected chi connectivity index (χ3v) is 2.57. The van der Waals surface area contributed by atoms with Crippen molar-refractivity contribution in [2.75, 3.05) is 14.1 Å². The summed E-state index contributed by atoms with van der Waals surface area (Å²) in [4.78, 5) is 16.8. The minimum absolute atomic E-state index is 0.172. The highest BCUT2D eigenvalue weighted by molar-refractivity contribution is 5.70. The molecule has 0 aromatic carbocycles. The Bertz CT molecular complexity index is 592. The van der Waals surface area contributed by atoms with Gasteiger partial charge < -0.3 is 14.4 Å². The van der Waals surface area contributed by atoms with E-state index < -0.39 is 11.8 Å². The van der Waals surface area contributed by atoms with Crippen LogP contribution in [-0.2, 0) is 17.8 Å². The molecule has 0 bridgehead atoms. The Morgan fingerprint density at radius 3 is 2.89 bits per heavy atom. The Hall–Kier alpha value is -1.95. The van der Waals surface area contributed by atoms with E-state index in [9.17, 15) is 9.18 Å². The van der Waals surface area contributed by atoms with Gasteiger partial charge in [0.2, 0.25) is 0 Å². The van der Waals surface area contributed by atoms with E-state index in [0.717, 1.165) is 0 Å². The van der Waals surface area contributed by atoms with Gasteiger partial charge in [0.1, 0.15) is 0 Å². The molecule has 2 aromatic rings. The first-order valence-corrected chi connectivity index (χ1v) is 5.50. The van der Waals surface area contributed by atoms with Crippen LogP contribution in [0, 0.1) is 5.82 Å². The molecule has 0 aliphatic heterocycles. The first-order valence-electron chi connectivity index (χ1n) is 5.50. The highest BCUT2D eigenvalue weighted by Gasteiger charge is 2.17. The van der Waals surface area contributed by atoms with Gasteiger partial charge in [-0.1, -0.05) is 0 Å². The molecule has 0 amide bonds. The number of carbonyl (C=O) groups is 1. The second kappa shape index (κ2) is 4.73. The Labute approximate surface area is 103 Å². The van der Waals surface area contributed by atoms with Crippen molar-refractivity contribution in [3.05, 3.63) is 35.5 Å². The lowest BCUT2D eigenvalue weighted by Gasteiger charge is -2.10. The number of hydrogen-bond acceptors (Lipinski definition) is 3. The number of imidazole rings is 1. The van der Waals surface area contributed by atoms with Crippen LogP contribution in [-0.4, -0.2) is 39.5 Å². The lowest BCUT2D eigenvalue weighted by atomic mass is 10.2. The quantitative estimate of drug-likeness (QED) is 0.886. The molecule has 0 aliphatic rings. The minimum Gasteiger partial charge on any atom is -0.481 e. The van der Waals surface area contributed by atoms with Crippen molar-refractivity contribution in [1.29, 1.82) is 0 Å². The first kappa shape index (κ1) is 12.5. The molecule has 2 rings (SSSR count). The number of pyridine rings is 1. The number of carboxylic acid groups (broad SMARTS) is 1. The van der Waals surface area contributed by atoms with E-state index in [4.69, 9.17) is 5.11 Å². The van der Waals surface area contributed by atoms with Gasteiger partial charge in [-0.15, -0.1) is 0 Å². The predicted molar refractivity (Wildman–Crippen MR) is 63.9 cm³/mol. The van der Waals surface area contributed by atoms with Crippen LogP contribution < -0.4 is 0 Å².